The van der Waals surface area contributed by atoms with Crippen molar-refractivity contribution in [3.05, 3.63) is 95.8 Å². The molecular formula is C29H29N5O2. The van der Waals surface area contributed by atoms with Gasteiger partial charge in [-0.1, -0.05) is 42.5 Å². The molecule has 2 aromatic heterocycles. The summed E-state index contributed by atoms with van der Waals surface area (Å²) in [5.74, 6) is 0.482. The summed E-state index contributed by atoms with van der Waals surface area (Å²) >= 11 is 0. The first kappa shape index (κ1) is 22.3. The lowest BCUT2D eigenvalue weighted by molar-refractivity contribution is -0.134. The Morgan fingerprint density at radius 3 is 2.36 bits per heavy atom. The fourth-order valence-corrected chi connectivity index (χ4v) is 5.83. The summed E-state index contributed by atoms with van der Waals surface area (Å²) < 4.78 is 2.08. The van der Waals surface area contributed by atoms with Crippen molar-refractivity contribution in [3.63, 3.8) is 0 Å². The van der Waals surface area contributed by atoms with E-state index in [0.29, 0.717) is 18.7 Å². The van der Waals surface area contributed by atoms with E-state index in [0.717, 1.165) is 40.9 Å². The maximum atomic E-state index is 14.3. The molecule has 2 atom stereocenters. The molecule has 2 aliphatic heterocycles. The second-order valence-corrected chi connectivity index (χ2v) is 9.64. The number of aryl methyl sites for hydroxylation is 1. The highest BCUT2D eigenvalue weighted by Crippen LogP contribution is 2.45. The van der Waals surface area contributed by atoms with E-state index in [2.05, 4.69) is 32.8 Å². The van der Waals surface area contributed by atoms with Crippen molar-refractivity contribution >= 4 is 28.5 Å². The molecule has 2 aliphatic rings. The molecule has 0 radical (unpaired) electrons. The van der Waals surface area contributed by atoms with Crippen molar-refractivity contribution < 1.29 is 9.59 Å². The molecule has 1 saturated heterocycles. The number of nitrogens with zero attached hydrogens (tertiary/aromatic N) is 5. The van der Waals surface area contributed by atoms with E-state index in [9.17, 15) is 9.59 Å². The van der Waals surface area contributed by atoms with E-state index in [1.807, 2.05) is 73.6 Å². The van der Waals surface area contributed by atoms with Gasteiger partial charge < -0.3 is 19.3 Å². The van der Waals surface area contributed by atoms with E-state index >= 15 is 0 Å². The lowest BCUT2D eigenvalue weighted by Gasteiger charge is -2.43. The normalized spacial score (nSPS) is 20.1. The van der Waals surface area contributed by atoms with Gasteiger partial charge in [-0.3, -0.25) is 9.59 Å². The number of hydrogen-bond acceptors (Lipinski definition) is 4. The average molecular weight is 480 g/mol. The van der Waals surface area contributed by atoms with Crippen LogP contribution >= 0.6 is 0 Å². The minimum absolute atomic E-state index is 0.0486. The Morgan fingerprint density at radius 2 is 1.58 bits per heavy atom. The Balaban J connectivity index is 1.39. The van der Waals surface area contributed by atoms with Gasteiger partial charge in [0.25, 0.3) is 5.91 Å². The third-order valence-corrected chi connectivity index (χ3v) is 7.66. The second kappa shape index (κ2) is 8.82. The van der Waals surface area contributed by atoms with E-state index in [1.54, 1.807) is 11.1 Å². The number of pyridine rings is 1. The van der Waals surface area contributed by atoms with E-state index in [-0.39, 0.29) is 17.9 Å². The molecule has 0 bridgehead atoms. The molecule has 0 spiro atoms. The average Bonchev–Trinajstić information content (AvgIpc) is 3.27. The van der Waals surface area contributed by atoms with Crippen LogP contribution in [0.15, 0.2) is 79.1 Å². The smallest absolute Gasteiger partial charge is 0.254 e. The van der Waals surface area contributed by atoms with Crippen molar-refractivity contribution in [2.75, 3.05) is 38.1 Å². The van der Waals surface area contributed by atoms with Gasteiger partial charge in [0.1, 0.15) is 5.82 Å². The van der Waals surface area contributed by atoms with Gasteiger partial charge >= 0.3 is 0 Å². The maximum Gasteiger partial charge on any atom is 0.254 e. The van der Waals surface area contributed by atoms with Crippen LogP contribution in [0.25, 0.3) is 10.9 Å². The van der Waals surface area contributed by atoms with Crippen molar-refractivity contribution in [2.24, 2.45) is 7.05 Å². The van der Waals surface area contributed by atoms with Gasteiger partial charge in [-0.15, -0.1) is 0 Å². The highest BCUT2D eigenvalue weighted by molar-refractivity contribution is 6.02. The molecule has 0 saturated carbocycles. The van der Waals surface area contributed by atoms with Crippen LogP contribution in [0.1, 0.15) is 33.4 Å². The number of amides is 2. The predicted octanol–water partition coefficient (Wildman–Crippen LogP) is 3.83. The quantitative estimate of drug-likeness (QED) is 0.448. The topological polar surface area (TPSA) is 61.7 Å². The van der Waals surface area contributed by atoms with E-state index < -0.39 is 5.92 Å². The molecule has 6 rings (SSSR count). The number of hydrogen-bond donors (Lipinski definition) is 0. The molecule has 7 heteroatoms. The molecule has 4 heterocycles. The third kappa shape index (κ3) is 3.54. The zero-order chi connectivity index (χ0) is 24.8. The summed E-state index contributed by atoms with van der Waals surface area (Å²) in [4.78, 5) is 38.2. The highest BCUT2D eigenvalue weighted by atomic mass is 16.2. The molecule has 0 N–H and O–H groups in total. The second-order valence-electron chi connectivity index (χ2n) is 9.64. The molecule has 2 unspecified atom stereocenters. The number of carbonyl (C=O) groups is 2. The minimum Gasteiger partial charge on any atom is -0.353 e. The highest BCUT2D eigenvalue weighted by Gasteiger charge is 2.45. The molecule has 36 heavy (non-hydrogen) atoms. The van der Waals surface area contributed by atoms with Crippen LogP contribution in [0.4, 0.5) is 5.82 Å². The molecule has 2 amide bonds. The number of fused-ring (bicyclic) bond motifs is 2. The first-order valence-electron chi connectivity index (χ1n) is 12.4. The van der Waals surface area contributed by atoms with Crippen LogP contribution in [0, 0.1) is 0 Å². The molecule has 7 nitrogen and oxygen atoms in total. The van der Waals surface area contributed by atoms with Gasteiger partial charge in [0, 0.05) is 74.7 Å². The number of benzene rings is 2. The van der Waals surface area contributed by atoms with Gasteiger partial charge in [-0.25, -0.2) is 4.98 Å². The number of piperazine rings is 1. The van der Waals surface area contributed by atoms with Crippen LogP contribution in [-0.4, -0.2) is 64.4 Å². The standard InChI is InChI=1S/C29H29N5O2/c1-31-19-23(20-9-5-6-12-24(20)31)27-26(21-10-3-4-11-22(21)28(35)32(27)2)29(36)34-17-15-33(16-18-34)25-13-7-8-14-30-25/h3-14,19,26-27H,15-18H2,1-2H3. The molecule has 0 aliphatic carbocycles. The van der Waals surface area contributed by atoms with E-state index in [1.165, 1.54) is 0 Å². The minimum atomic E-state index is -0.476. The van der Waals surface area contributed by atoms with Gasteiger partial charge in [0.15, 0.2) is 0 Å². The number of para-hydroxylation sites is 1. The van der Waals surface area contributed by atoms with Crippen molar-refractivity contribution in [3.8, 4) is 0 Å². The van der Waals surface area contributed by atoms with Crippen LogP contribution < -0.4 is 4.90 Å². The lowest BCUT2D eigenvalue weighted by atomic mass is 9.79. The number of rotatable bonds is 3. The number of likely N-dealkylation sites (N-methyl/N-ethyl adjacent to an activating group) is 1. The van der Waals surface area contributed by atoms with Crippen LogP contribution in [0.5, 0.6) is 0 Å². The maximum absolute atomic E-state index is 14.3. The van der Waals surface area contributed by atoms with Crippen LogP contribution in [-0.2, 0) is 11.8 Å². The summed E-state index contributed by atoms with van der Waals surface area (Å²) in [6.07, 6.45) is 3.87. The largest absolute Gasteiger partial charge is 0.353 e. The monoisotopic (exact) mass is 479 g/mol. The Hall–Kier alpha value is -4.13. The van der Waals surface area contributed by atoms with E-state index in [4.69, 9.17) is 0 Å². The Kier molecular flexibility index (Phi) is 5.48. The van der Waals surface area contributed by atoms with Crippen molar-refractivity contribution in [1.82, 2.24) is 19.4 Å². The molecule has 1 fully saturated rings. The Morgan fingerprint density at radius 1 is 0.861 bits per heavy atom. The summed E-state index contributed by atoms with van der Waals surface area (Å²) in [6.45, 7) is 2.69. The lowest BCUT2D eigenvalue weighted by Crippen LogP contribution is -2.53. The molecule has 4 aromatic rings. The first-order valence-corrected chi connectivity index (χ1v) is 12.4. The molecule has 182 valence electrons. The van der Waals surface area contributed by atoms with Gasteiger partial charge in [0.05, 0.1) is 12.0 Å². The zero-order valence-corrected chi connectivity index (χ0v) is 20.5. The van der Waals surface area contributed by atoms with Crippen molar-refractivity contribution in [1.29, 1.82) is 0 Å². The summed E-state index contributed by atoms with van der Waals surface area (Å²) in [5.41, 5.74) is 3.52. The first-order chi connectivity index (χ1) is 17.5. The Bertz CT molecular complexity index is 1440. The zero-order valence-electron chi connectivity index (χ0n) is 20.5. The van der Waals surface area contributed by atoms with Crippen LogP contribution in [0.3, 0.4) is 0 Å². The van der Waals surface area contributed by atoms with Crippen LogP contribution in [0.2, 0.25) is 0 Å². The molecule has 2 aromatic carbocycles. The predicted molar refractivity (Wildman–Crippen MR) is 140 cm³/mol. The number of carbonyl (C=O) groups excluding carboxylic acids is 2. The molecular weight excluding hydrogens is 450 g/mol. The Labute approximate surface area is 210 Å². The SMILES string of the molecule is CN1C(=O)c2ccccc2C(C(=O)N2CCN(c3ccccn3)CC2)C1c1cn(C)c2ccccc12. The van der Waals surface area contributed by atoms with Crippen molar-refractivity contribution in [2.45, 2.75) is 12.0 Å². The van der Waals surface area contributed by atoms with Gasteiger partial charge in [-0.2, -0.15) is 0 Å². The fourth-order valence-electron chi connectivity index (χ4n) is 5.83. The summed E-state index contributed by atoms with van der Waals surface area (Å²) in [6, 6.07) is 21.3. The van der Waals surface area contributed by atoms with Gasteiger partial charge in [0.2, 0.25) is 5.91 Å². The summed E-state index contributed by atoms with van der Waals surface area (Å²) in [5, 5.41) is 1.07. The fraction of sp³-hybridized carbons (Fsp3) is 0.276. The number of aromatic nitrogens is 2. The third-order valence-electron chi connectivity index (χ3n) is 7.66. The number of anilines is 1. The van der Waals surface area contributed by atoms with Gasteiger partial charge in [-0.05, 0) is 29.8 Å². The summed E-state index contributed by atoms with van der Waals surface area (Å²) in [7, 11) is 3.84.